The molecule has 3 nitrogen and oxygen atoms in total. The van der Waals surface area contributed by atoms with Gasteiger partial charge in [0.15, 0.2) is 3.95 Å². The van der Waals surface area contributed by atoms with Gasteiger partial charge < -0.3 is 4.74 Å². The highest BCUT2D eigenvalue weighted by Gasteiger charge is 2.05. The third-order valence-corrected chi connectivity index (χ3v) is 2.64. The topological polar surface area (TPSA) is 31.2 Å². The maximum Gasteiger partial charge on any atom is 0.419 e. The first-order chi connectivity index (χ1) is 6.25. The second-order valence-corrected chi connectivity index (χ2v) is 4.05. The van der Waals surface area contributed by atoms with E-state index in [0.717, 1.165) is 12.8 Å². The molecule has 1 aromatic heterocycles. The molecule has 0 fully saturated rings. The van der Waals surface area contributed by atoms with E-state index in [-0.39, 0.29) is 6.09 Å². The molecule has 0 amide bonds. The van der Waals surface area contributed by atoms with Crippen LogP contribution in [0.2, 0.25) is 0 Å². The number of hydrogen-bond donors (Lipinski definition) is 0. The fourth-order valence-electron chi connectivity index (χ4n) is 0.776. The molecule has 0 unspecified atom stereocenters. The summed E-state index contributed by atoms with van der Waals surface area (Å²) in [7, 11) is 0. The van der Waals surface area contributed by atoms with E-state index in [4.69, 9.17) is 17.0 Å². The fraction of sp³-hybridized carbons (Fsp3) is 0.500. The molecule has 1 rings (SSSR count). The van der Waals surface area contributed by atoms with Crippen LogP contribution in [0.15, 0.2) is 11.6 Å². The minimum atomic E-state index is -0.375. The predicted octanol–water partition coefficient (Wildman–Crippen LogP) is 3.06. The Morgan fingerprint density at radius 3 is 3.08 bits per heavy atom. The summed E-state index contributed by atoms with van der Waals surface area (Å²) in [4.78, 5) is 11.3. The number of ether oxygens (including phenoxy) is 1. The second kappa shape index (κ2) is 5.14. The van der Waals surface area contributed by atoms with Gasteiger partial charge >= 0.3 is 6.09 Å². The normalized spacial score (nSPS) is 9.92. The Kier molecular flexibility index (Phi) is 4.11. The van der Waals surface area contributed by atoms with Crippen molar-refractivity contribution in [1.29, 1.82) is 0 Å². The van der Waals surface area contributed by atoms with E-state index in [0.29, 0.717) is 10.6 Å². The summed E-state index contributed by atoms with van der Waals surface area (Å²) in [6.45, 7) is 2.51. The molecular weight excluding hydrogens is 206 g/mol. The first kappa shape index (κ1) is 10.4. The van der Waals surface area contributed by atoms with Gasteiger partial charge in [-0.25, -0.2) is 9.36 Å². The minimum Gasteiger partial charge on any atom is -0.449 e. The van der Waals surface area contributed by atoms with E-state index < -0.39 is 0 Å². The Morgan fingerprint density at radius 2 is 2.54 bits per heavy atom. The average molecular weight is 217 g/mol. The molecule has 5 heteroatoms. The number of unbranched alkanes of at least 4 members (excludes halogenated alkanes) is 1. The molecule has 1 aromatic rings. The maximum atomic E-state index is 11.3. The smallest absolute Gasteiger partial charge is 0.419 e. The van der Waals surface area contributed by atoms with Gasteiger partial charge in [0.25, 0.3) is 0 Å². The number of aromatic nitrogens is 1. The molecule has 0 spiro atoms. The Labute approximate surface area is 86.0 Å². The first-order valence-corrected chi connectivity index (χ1v) is 5.37. The van der Waals surface area contributed by atoms with Crippen molar-refractivity contribution in [1.82, 2.24) is 4.57 Å². The van der Waals surface area contributed by atoms with Crippen LogP contribution < -0.4 is 0 Å². The number of carbonyl (C=O) groups excluding carboxylic acids is 1. The van der Waals surface area contributed by atoms with Crippen molar-refractivity contribution in [2.24, 2.45) is 0 Å². The van der Waals surface area contributed by atoms with Crippen LogP contribution in [0.4, 0.5) is 4.79 Å². The largest absolute Gasteiger partial charge is 0.449 e. The monoisotopic (exact) mass is 217 g/mol. The van der Waals surface area contributed by atoms with Crippen molar-refractivity contribution >= 4 is 29.6 Å². The summed E-state index contributed by atoms with van der Waals surface area (Å²) in [5.74, 6) is 0. The highest BCUT2D eigenvalue weighted by Crippen LogP contribution is 2.04. The summed E-state index contributed by atoms with van der Waals surface area (Å²) >= 11 is 6.27. The number of thiazole rings is 1. The zero-order valence-corrected chi connectivity index (χ0v) is 8.99. The van der Waals surface area contributed by atoms with Crippen molar-refractivity contribution in [3.05, 3.63) is 15.5 Å². The van der Waals surface area contributed by atoms with Gasteiger partial charge in [-0.05, 0) is 18.6 Å². The molecule has 0 saturated carbocycles. The van der Waals surface area contributed by atoms with Crippen molar-refractivity contribution < 1.29 is 9.53 Å². The van der Waals surface area contributed by atoms with Crippen LogP contribution in [0.5, 0.6) is 0 Å². The van der Waals surface area contributed by atoms with Gasteiger partial charge in [0, 0.05) is 11.6 Å². The van der Waals surface area contributed by atoms with Gasteiger partial charge in [0.05, 0.1) is 6.61 Å². The number of carbonyl (C=O) groups is 1. The van der Waals surface area contributed by atoms with E-state index in [1.165, 1.54) is 15.9 Å². The van der Waals surface area contributed by atoms with Crippen molar-refractivity contribution in [2.75, 3.05) is 6.61 Å². The summed E-state index contributed by atoms with van der Waals surface area (Å²) in [6, 6.07) is 0. The van der Waals surface area contributed by atoms with Crippen LogP contribution in [0.25, 0.3) is 0 Å². The molecule has 0 aliphatic carbocycles. The Morgan fingerprint density at radius 1 is 1.77 bits per heavy atom. The van der Waals surface area contributed by atoms with Gasteiger partial charge in [-0.3, -0.25) is 0 Å². The summed E-state index contributed by atoms with van der Waals surface area (Å²) < 4.78 is 6.84. The van der Waals surface area contributed by atoms with Crippen LogP contribution in [-0.2, 0) is 4.74 Å². The maximum absolute atomic E-state index is 11.3. The van der Waals surface area contributed by atoms with Crippen LogP contribution in [-0.4, -0.2) is 17.3 Å². The van der Waals surface area contributed by atoms with Gasteiger partial charge in [0.1, 0.15) is 0 Å². The molecule has 13 heavy (non-hydrogen) atoms. The molecule has 0 saturated heterocycles. The predicted molar refractivity (Wildman–Crippen MR) is 54.8 cm³/mol. The summed E-state index contributed by atoms with van der Waals surface area (Å²) in [5, 5.41) is 1.77. The highest BCUT2D eigenvalue weighted by molar-refractivity contribution is 7.73. The lowest BCUT2D eigenvalue weighted by molar-refractivity contribution is 0.146. The summed E-state index contributed by atoms with van der Waals surface area (Å²) in [5.41, 5.74) is 0. The van der Waals surface area contributed by atoms with Crippen LogP contribution >= 0.6 is 23.6 Å². The Hall–Kier alpha value is -0.680. The van der Waals surface area contributed by atoms with Crippen LogP contribution in [0.1, 0.15) is 19.8 Å². The van der Waals surface area contributed by atoms with Crippen LogP contribution in [0, 0.1) is 3.95 Å². The molecule has 0 N–H and O–H groups in total. The lowest BCUT2D eigenvalue weighted by Gasteiger charge is -2.02. The zero-order valence-electron chi connectivity index (χ0n) is 7.36. The zero-order chi connectivity index (χ0) is 9.68. The van der Waals surface area contributed by atoms with Crippen molar-refractivity contribution in [3.63, 3.8) is 0 Å². The van der Waals surface area contributed by atoms with Crippen molar-refractivity contribution in [2.45, 2.75) is 19.8 Å². The number of rotatable bonds is 3. The second-order valence-electron chi connectivity index (χ2n) is 2.51. The fourth-order valence-corrected chi connectivity index (χ4v) is 1.63. The van der Waals surface area contributed by atoms with Gasteiger partial charge in [-0.1, -0.05) is 13.3 Å². The Bertz CT molecular complexity index is 329. The number of nitrogens with zero attached hydrogens (tertiary/aromatic N) is 1. The molecular formula is C8H11NO2S2. The van der Waals surface area contributed by atoms with E-state index in [1.54, 1.807) is 11.6 Å². The van der Waals surface area contributed by atoms with E-state index >= 15 is 0 Å². The Balaban J connectivity index is 2.50. The number of hydrogen-bond acceptors (Lipinski definition) is 4. The standard InChI is InChI=1S/C8H11NO2S2/c1-2-3-5-11-7(10)9-4-6-13-8(9)12/h4,6H,2-3,5H2,1H3. The summed E-state index contributed by atoms with van der Waals surface area (Å²) in [6.07, 6.45) is 3.16. The third kappa shape index (κ3) is 2.93. The van der Waals surface area contributed by atoms with Gasteiger partial charge in [-0.15, -0.1) is 11.3 Å². The van der Waals surface area contributed by atoms with Gasteiger partial charge in [0.2, 0.25) is 0 Å². The molecule has 0 radical (unpaired) electrons. The molecule has 0 aromatic carbocycles. The van der Waals surface area contributed by atoms with Crippen molar-refractivity contribution in [3.8, 4) is 0 Å². The molecule has 0 atom stereocenters. The minimum absolute atomic E-state index is 0.375. The third-order valence-electron chi connectivity index (χ3n) is 1.50. The molecule has 0 bridgehead atoms. The van der Waals surface area contributed by atoms with Gasteiger partial charge in [-0.2, -0.15) is 0 Å². The quantitative estimate of drug-likeness (QED) is 0.576. The lowest BCUT2D eigenvalue weighted by atomic mass is 10.4. The SMILES string of the molecule is CCCCOC(=O)n1ccsc1=S. The van der Waals surface area contributed by atoms with Crippen LogP contribution in [0.3, 0.4) is 0 Å². The van der Waals surface area contributed by atoms with E-state index in [2.05, 4.69) is 0 Å². The molecule has 0 aliphatic rings. The average Bonchev–Trinajstić information content (AvgIpc) is 2.52. The first-order valence-electron chi connectivity index (χ1n) is 4.09. The van der Waals surface area contributed by atoms with E-state index in [9.17, 15) is 4.79 Å². The highest BCUT2D eigenvalue weighted by atomic mass is 32.1. The molecule has 72 valence electrons. The van der Waals surface area contributed by atoms with E-state index in [1.807, 2.05) is 6.92 Å². The lowest BCUT2D eigenvalue weighted by Crippen LogP contribution is -2.13. The molecule has 0 aliphatic heterocycles. The molecule has 1 heterocycles.